The Morgan fingerprint density at radius 3 is 2.72 bits per heavy atom. The number of carbonyl (C=O) groups is 1. The fourth-order valence-electron chi connectivity index (χ4n) is 3.75. The van der Waals surface area contributed by atoms with Gasteiger partial charge >= 0.3 is 0 Å². The summed E-state index contributed by atoms with van der Waals surface area (Å²) in [6.07, 6.45) is 1.52. The van der Waals surface area contributed by atoms with E-state index in [1.807, 2.05) is 30.3 Å². The summed E-state index contributed by atoms with van der Waals surface area (Å²) in [6.45, 7) is 0.989. The zero-order chi connectivity index (χ0) is 17.2. The van der Waals surface area contributed by atoms with Gasteiger partial charge in [0.25, 0.3) is 0 Å². The number of amides is 1. The van der Waals surface area contributed by atoms with Crippen molar-refractivity contribution in [2.45, 2.75) is 18.9 Å². The molecule has 0 radical (unpaired) electrons. The molecule has 1 aliphatic rings. The maximum atomic E-state index is 12.7. The minimum Gasteiger partial charge on any atom is -0.325 e. The first-order valence-electron chi connectivity index (χ1n) is 8.78. The van der Waals surface area contributed by atoms with Gasteiger partial charge in [-0.2, -0.15) is 0 Å². The van der Waals surface area contributed by atoms with Crippen LogP contribution in [0.1, 0.15) is 23.6 Å². The number of fused-ring (bicyclic) bond motifs is 2. The maximum Gasteiger partial charge on any atom is 0.226 e. The summed E-state index contributed by atoms with van der Waals surface area (Å²) in [5.74, 6) is 0.0601. The Bertz CT molecular complexity index is 913. The number of anilines is 1. The van der Waals surface area contributed by atoms with Crippen molar-refractivity contribution in [2.75, 3.05) is 18.9 Å². The van der Waals surface area contributed by atoms with Gasteiger partial charge in [0.2, 0.25) is 5.91 Å². The number of hydrogen-bond acceptors (Lipinski definition) is 2. The summed E-state index contributed by atoms with van der Waals surface area (Å²) in [5.41, 5.74) is 3.53. The van der Waals surface area contributed by atoms with Crippen LogP contribution in [0.5, 0.6) is 0 Å². The lowest BCUT2D eigenvalue weighted by Gasteiger charge is -2.34. The monoisotopic (exact) mass is 330 g/mol. The molecule has 3 aromatic rings. The number of nitrogens with zero attached hydrogens (tertiary/aromatic N) is 1. The van der Waals surface area contributed by atoms with Crippen LogP contribution in [0.4, 0.5) is 5.69 Å². The molecular weight excluding hydrogens is 308 g/mol. The van der Waals surface area contributed by atoms with E-state index in [2.05, 4.69) is 53.7 Å². The van der Waals surface area contributed by atoms with E-state index < -0.39 is 0 Å². The fraction of sp³-hybridized carbons (Fsp3) is 0.227. The molecule has 1 heterocycles. The van der Waals surface area contributed by atoms with Crippen molar-refractivity contribution >= 4 is 22.4 Å². The van der Waals surface area contributed by atoms with E-state index in [0.717, 1.165) is 29.4 Å². The summed E-state index contributed by atoms with van der Waals surface area (Å²) in [4.78, 5) is 15.0. The van der Waals surface area contributed by atoms with Crippen LogP contribution < -0.4 is 5.32 Å². The molecular formula is C22H22N2O. The number of carbonyl (C=O) groups excluding carboxylic acids is 1. The number of rotatable bonds is 3. The molecule has 3 aromatic carbocycles. The SMILES string of the molecule is CN1CCc2ccccc2C1CC(=O)Nc1cccc2ccccc12. The maximum absolute atomic E-state index is 12.7. The van der Waals surface area contributed by atoms with E-state index >= 15 is 0 Å². The van der Waals surface area contributed by atoms with Crippen LogP contribution in [-0.4, -0.2) is 24.4 Å². The van der Waals surface area contributed by atoms with Crippen LogP contribution in [0.25, 0.3) is 10.8 Å². The molecule has 126 valence electrons. The molecule has 4 rings (SSSR count). The van der Waals surface area contributed by atoms with Crippen molar-refractivity contribution in [1.82, 2.24) is 4.90 Å². The summed E-state index contributed by atoms with van der Waals surface area (Å²) in [5, 5.41) is 5.34. The van der Waals surface area contributed by atoms with Crippen LogP contribution in [-0.2, 0) is 11.2 Å². The third-order valence-electron chi connectivity index (χ3n) is 5.12. The highest BCUT2D eigenvalue weighted by atomic mass is 16.1. The van der Waals surface area contributed by atoms with Gasteiger partial charge in [-0.25, -0.2) is 0 Å². The second kappa shape index (κ2) is 6.69. The lowest BCUT2D eigenvalue weighted by Crippen LogP contribution is -2.34. The molecule has 1 N–H and O–H groups in total. The van der Waals surface area contributed by atoms with Crippen molar-refractivity contribution in [3.8, 4) is 0 Å². The minimum atomic E-state index is 0.0601. The van der Waals surface area contributed by atoms with E-state index in [0.29, 0.717) is 6.42 Å². The van der Waals surface area contributed by atoms with Crippen LogP contribution in [0, 0.1) is 0 Å². The second-order valence-electron chi connectivity index (χ2n) is 6.72. The third kappa shape index (κ3) is 3.15. The highest BCUT2D eigenvalue weighted by molar-refractivity contribution is 6.02. The molecule has 1 atom stereocenters. The first kappa shape index (κ1) is 15.9. The van der Waals surface area contributed by atoms with Crippen molar-refractivity contribution < 1.29 is 4.79 Å². The van der Waals surface area contributed by atoms with Gasteiger partial charge < -0.3 is 5.32 Å². The van der Waals surface area contributed by atoms with Crippen LogP contribution in [0.2, 0.25) is 0 Å². The number of likely N-dealkylation sites (N-methyl/N-ethyl adjacent to an activating group) is 1. The van der Waals surface area contributed by atoms with Crippen molar-refractivity contribution in [3.63, 3.8) is 0 Å². The molecule has 1 unspecified atom stereocenters. The molecule has 3 nitrogen and oxygen atoms in total. The number of benzene rings is 3. The van der Waals surface area contributed by atoms with Gasteiger partial charge in [-0.3, -0.25) is 9.69 Å². The highest BCUT2D eigenvalue weighted by Crippen LogP contribution is 2.31. The highest BCUT2D eigenvalue weighted by Gasteiger charge is 2.26. The molecule has 0 fully saturated rings. The third-order valence-corrected chi connectivity index (χ3v) is 5.12. The molecule has 1 aliphatic heterocycles. The quantitative estimate of drug-likeness (QED) is 0.772. The fourth-order valence-corrected chi connectivity index (χ4v) is 3.75. The smallest absolute Gasteiger partial charge is 0.226 e. The van der Waals surface area contributed by atoms with Crippen LogP contribution in [0.15, 0.2) is 66.7 Å². The molecule has 0 aromatic heterocycles. The van der Waals surface area contributed by atoms with Gasteiger partial charge in [0, 0.05) is 30.1 Å². The molecule has 3 heteroatoms. The molecule has 0 spiro atoms. The molecule has 0 saturated carbocycles. The molecule has 25 heavy (non-hydrogen) atoms. The first-order chi connectivity index (χ1) is 12.2. The molecule has 0 bridgehead atoms. The summed E-state index contributed by atoms with van der Waals surface area (Å²) >= 11 is 0. The Morgan fingerprint density at radius 1 is 1.04 bits per heavy atom. The van der Waals surface area contributed by atoms with Gasteiger partial charge in [-0.05, 0) is 36.0 Å². The van der Waals surface area contributed by atoms with Crippen LogP contribution >= 0.6 is 0 Å². The zero-order valence-corrected chi connectivity index (χ0v) is 14.4. The Balaban J connectivity index is 1.56. The summed E-state index contributed by atoms with van der Waals surface area (Å²) in [6, 6.07) is 22.8. The van der Waals surface area contributed by atoms with Gasteiger partial charge in [0.1, 0.15) is 0 Å². The molecule has 1 amide bonds. The summed E-state index contributed by atoms with van der Waals surface area (Å²) < 4.78 is 0. The summed E-state index contributed by atoms with van der Waals surface area (Å²) in [7, 11) is 2.10. The van der Waals surface area contributed by atoms with Crippen molar-refractivity contribution in [2.24, 2.45) is 0 Å². The average Bonchev–Trinajstić information content (AvgIpc) is 2.64. The minimum absolute atomic E-state index is 0.0601. The Labute approximate surface area is 148 Å². The zero-order valence-electron chi connectivity index (χ0n) is 14.4. The first-order valence-corrected chi connectivity index (χ1v) is 8.78. The number of hydrogen-bond donors (Lipinski definition) is 1. The van der Waals surface area contributed by atoms with Gasteiger partial charge in [-0.15, -0.1) is 0 Å². The average molecular weight is 330 g/mol. The van der Waals surface area contributed by atoms with E-state index in [1.54, 1.807) is 0 Å². The van der Waals surface area contributed by atoms with Gasteiger partial charge in [-0.1, -0.05) is 60.7 Å². The molecule has 0 saturated heterocycles. The molecule has 0 aliphatic carbocycles. The standard InChI is InChI=1S/C22H22N2O/c1-24-14-13-17-8-3-5-11-19(17)21(24)15-22(25)23-20-12-6-9-16-7-2-4-10-18(16)20/h2-12,21H,13-15H2,1H3,(H,23,25). The predicted octanol–water partition coefficient (Wildman–Crippen LogP) is 4.40. The van der Waals surface area contributed by atoms with Crippen LogP contribution in [0.3, 0.4) is 0 Å². The largest absolute Gasteiger partial charge is 0.325 e. The van der Waals surface area contributed by atoms with Crippen molar-refractivity contribution in [1.29, 1.82) is 0 Å². The van der Waals surface area contributed by atoms with E-state index in [1.165, 1.54) is 11.1 Å². The Hall–Kier alpha value is -2.65. The van der Waals surface area contributed by atoms with E-state index in [-0.39, 0.29) is 11.9 Å². The number of nitrogens with one attached hydrogen (secondary N) is 1. The van der Waals surface area contributed by atoms with E-state index in [9.17, 15) is 4.79 Å². The Morgan fingerprint density at radius 2 is 1.80 bits per heavy atom. The lowest BCUT2D eigenvalue weighted by atomic mass is 9.91. The second-order valence-corrected chi connectivity index (χ2v) is 6.72. The predicted molar refractivity (Wildman–Crippen MR) is 103 cm³/mol. The lowest BCUT2D eigenvalue weighted by molar-refractivity contribution is -0.117. The van der Waals surface area contributed by atoms with Gasteiger partial charge in [0.05, 0.1) is 0 Å². The van der Waals surface area contributed by atoms with Crippen molar-refractivity contribution in [3.05, 3.63) is 77.9 Å². The van der Waals surface area contributed by atoms with E-state index in [4.69, 9.17) is 0 Å². The normalized spacial score (nSPS) is 17.2. The Kier molecular flexibility index (Phi) is 4.24. The topological polar surface area (TPSA) is 32.3 Å². The van der Waals surface area contributed by atoms with Gasteiger partial charge in [0.15, 0.2) is 0 Å².